The summed E-state index contributed by atoms with van der Waals surface area (Å²) in [5.74, 6) is -0.257. The first-order valence-electron chi connectivity index (χ1n) is 5.01. The molecule has 1 aromatic carbocycles. The molecule has 2 rings (SSSR count). The zero-order valence-electron chi connectivity index (χ0n) is 9.03. The number of carbonyl (C=O) groups excluding carboxylic acids is 2. The van der Waals surface area contributed by atoms with Gasteiger partial charge in [-0.25, -0.2) is 0 Å². The van der Waals surface area contributed by atoms with Gasteiger partial charge in [-0.05, 0) is 0 Å². The van der Waals surface area contributed by atoms with Crippen LogP contribution in [0.15, 0.2) is 22.7 Å². The second-order valence-corrected chi connectivity index (χ2v) is 6.49. The number of esters is 1. The molecule has 0 N–H and O–H groups in total. The normalized spacial score (nSPS) is 10.5. The molecule has 0 radical (unpaired) electrons. The van der Waals surface area contributed by atoms with Gasteiger partial charge < -0.3 is 0 Å². The third-order valence-electron chi connectivity index (χ3n) is 2.24. The zero-order valence-corrected chi connectivity index (χ0v) is 12.3. The van der Waals surface area contributed by atoms with Crippen LogP contribution in [-0.2, 0) is 4.74 Å². The molecule has 0 aliphatic heterocycles. The Bertz CT molecular complexity index is 589. The molecule has 1 heterocycles. The van der Waals surface area contributed by atoms with Crippen molar-refractivity contribution in [1.29, 1.82) is 0 Å². The van der Waals surface area contributed by atoms with E-state index in [4.69, 9.17) is 4.74 Å². The number of carbonyl (C=O) groups is 2. The molecule has 1 aromatic heterocycles. The third-order valence-corrected chi connectivity index (χ3v) is 5.19. The van der Waals surface area contributed by atoms with Crippen molar-refractivity contribution < 1.29 is 14.3 Å². The van der Waals surface area contributed by atoms with E-state index in [0.29, 0.717) is 16.6 Å². The molecule has 5 heteroatoms. The Morgan fingerprint density at radius 1 is 1.47 bits per heavy atom. The second-order valence-electron chi connectivity index (χ2n) is 3.36. The second kappa shape index (κ2) is 5.17. The average Bonchev–Trinajstić information content (AvgIpc) is 2.71. The maximum absolute atomic E-state index is 11.6. The Hall–Kier alpha value is -0.901. The predicted molar refractivity (Wildman–Crippen MR) is 69.9 cm³/mol. The van der Waals surface area contributed by atoms with Gasteiger partial charge in [0.15, 0.2) is 0 Å². The molecular formula is C12H9BrO3Se. The van der Waals surface area contributed by atoms with Gasteiger partial charge in [0, 0.05) is 0 Å². The van der Waals surface area contributed by atoms with Gasteiger partial charge in [-0.1, -0.05) is 0 Å². The van der Waals surface area contributed by atoms with Crippen molar-refractivity contribution in [3.05, 3.63) is 32.7 Å². The topological polar surface area (TPSA) is 43.4 Å². The number of hydrogen-bond acceptors (Lipinski definition) is 3. The summed E-state index contributed by atoms with van der Waals surface area (Å²) in [5.41, 5.74) is 0.598. The van der Waals surface area contributed by atoms with Crippen molar-refractivity contribution in [2.75, 3.05) is 6.61 Å². The van der Waals surface area contributed by atoms with Crippen LogP contribution in [0, 0.1) is 0 Å². The first kappa shape index (κ1) is 12.6. The van der Waals surface area contributed by atoms with Crippen LogP contribution in [0.5, 0.6) is 0 Å². The van der Waals surface area contributed by atoms with E-state index in [0.717, 1.165) is 20.4 Å². The van der Waals surface area contributed by atoms with E-state index < -0.39 is 0 Å². The van der Waals surface area contributed by atoms with E-state index in [1.807, 2.05) is 12.1 Å². The van der Waals surface area contributed by atoms with Gasteiger partial charge in [-0.2, -0.15) is 0 Å². The number of aldehydes is 1. The molecule has 17 heavy (non-hydrogen) atoms. The molecule has 0 unspecified atom stereocenters. The van der Waals surface area contributed by atoms with E-state index in [1.165, 1.54) is 0 Å². The summed E-state index contributed by atoms with van der Waals surface area (Å²) < 4.78 is 7.53. The van der Waals surface area contributed by atoms with E-state index >= 15 is 0 Å². The van der Waals surface area contributed by atoms with E-state index in [-0.39, 0.29) is 20.5 Å². The molecule has 0 saturated heterocycles. The van der Waals surface area contributed by atoms with Crippen LogP contribution in [0.25, 0.3) is 9.65 Å². The molecule has 0 saturated carbocycles. The van der Waals surface area contributed by atoms with E-state index in [9.17, 15) is 9.59 Å². The summed E-state index contributed by atoms with van der Waals surface area (Å²) in [4.78, 5) is 22.4. The Labute approximate surface area is 113 Å². The summed E-state index contributed by atoms with van der Waals surface area (Å²) in [5, 5.41) is 0.943. The van der Waals surface area contributed by atoms with Gasteiger partial charge in [-0.15, -0.1) is 0 Å². The fourth-order valence-electron chi connectivity index (χ4n) is 1.47. The molecule has 88 valence electrons. The van der Waals surface area contributed by atoms with Crippen LogP contribution in [0.2, 0.25) is 0 Å². The molecule has 0 amide bonds. The van der Waals surface area contributed by atoms with Crippen LogP contribution < -0.4 is 0 Å². The molecule has 0 bridgehead atoms. The first-order chi connectivity index (χ1) is 8.15. The number of halogens is 1. The van der Waals surface area contributed by atoms with Crippen molar-refractivity contribution in [3.63, 3.8) is 0 Å². The molecule has 3 nitrogen and oxygen atoms in total. The fourth-order valence-corrected chi connectivity index (χ4v) is 4.30. The van der Waals surface area contributed by atoms with Gasteiger partial charge in [-0.3, -0.25) is 0 Å². The van der Waals surface area contributed by atoms with Crippen molar-refractivity contribution in [1.82, 2.24) is 0 Å². The molecule has 0 aliphatic carbocycles. The van der Waals surface area contributed by atoms with Crippen LogP contribution in [0.1, 0.15) is 26.5 Å². The van der Waals surface area contributed by atoms with Crippen molar-refractivity contribution >= 4 is 52.3 Å². The zero-order chi connectivity index (χ0) is 12.4. The summed E-state index contributed by atoms with van der Waals surface area (Å²) in [6, 6.07) is 5.51. The van der Waals surface area contributed by atoms with Crippen molar-refractivity contribution in [3.8, 4) is 0 Å². The summed E-state index contributed by atoms with van der Waals surface area (Å²) in [6.45, 7) is 2.17. The average molecular weight is 360 g/mol. The Balaban J connectivity index is 2.50. The van der Waals surface area contributed by atoms with E-state index in [2.05, 4.69) is 15.9 Å². The third kappa shape index (κ3) is 2.51. The predicted octanol–water partition coefficient (Wildman–Crippen LogP) is 2.65. The Kier molecular flexibility index (Phi) is 3.82. The van der Waals surface area contributed by atoms with Gasteiger partial charge in [0.25, 0.3) is 0 Å². The molecule has 0 aliphatic rings. The molecule has 0 atom stereocenters. The summed E-state index contributed by atoms with van der Waals surface area (Å²) in [7, 11) is 0. The maximum atomic E-state index is 11.6. The monoisotopic (exact) mass is 360 g/mol. The number of fused-ring (bicyclic) bond motifs is 1. The fraction of sp³-hybridized carbons (Fsp3) is 0.167. The quantitative estimate of drug-likeness (QED) is 0.480. The molecule has 0 spiro atoms. The van der Waals surface area contributed by atoms with Crippen LogP contribution in [-0.4, -0.2) is 33.4 Å². The van der Waals surface area contributed by atoms with Gasteiger partial charge >= 0.3 is 113 Å². The van der Waals surface area contributed by atoms with E-state index in [1.54, 1.807) is 13.0 Å². The number of benzene rings is 1. The minimum absolute atomic E-state index is 0.0362. The van der Waals surface area contributed by atoms with Crippen LogP contribution >= 0.6 is 15.9 Å². The number of ether oxygens (including phenoxy) is 1. The Morgan fingerprint density at radius 3 is 2.88 bits per heavy atom. The molecule has 0 fully saturated rings. The molecule has 2 aromatic rings. The van der Waals surface area contributed by atoms with Gasteiger partial charge in [0.1, 0.15) is 0 Å². The number of hydrogen-bond donors (Lipinski definition) is 0. The SMILES string of the molecule is CCOC(=O)c1cc2cc(C=O)c(Br)cc2[se]1. The van der Waals surface area contributed by atoms with Crippen molar-refractivity contribution in [2.24, 2.45) is 0 Å². The Morgan fingerprint density at radius 2 is 2.24 bits per heavy atom. The number of rotatable bonds is 3. The standard InChI is InChI=1S/C12H9BrO3Se/c1-2-16-12(15)11-4-7-3-8(6-14)9(13)5-10(7)17-11/h3-6H,2H2,1H3. The van der Waals surface area contributed by atoms with Crippen LogP contribution in [0.4, 0.5) is 0 Å². The summed E-state index contributed by atoms with van der Waals surface area (Å²) in [6.07, 6.45) is 0.799. The van der Waals surface area contributed by atoms with Crippen LogP contribution in [0.3, 0.4) is 0 Å². The van der Waals surface area contributed by atoms with Gasteiger partial charge in [0.05, 0.1) is 0 Å². The first-order valence-corrected chi connectivity index (χ1v) is 7.51. The van der Waals surface area contributed by atoms with Crippen molar-refractivity contribution in [2.45, 2.75) is 6.92 Å². The van der Waals surface area contributed by atoms with Gasteiger partial charge in [0.2, 0.25) is 0 Å². The molecular weight excluding hydrogens is 351 g/mol. The minimum atomic E-state index is -0.257. The summed E-state index contributed by atoms with van der Waals surface area (Å²) >= 11 is 3.30.